The van der Waals surface area contributed by atoms with Crippen molar-refractivity contribution in [2.45, 2.75) is 30.7 Å². The van der Waals surface area contributed by atoms with Gasteiger partial charge in [0, 0.05) is 17.7 Å². The van der Waals surface area contributed by atoms with E-state index in [1.165, 1.54) is 6.07 Å². The molecule has 14 N–H and O–H groups in total. The first-order valence-electron chi connectivity index (χ1n) is 9.64. The van der Waals surface area contributed by atoms with Gasteiger partial charge in [0.15, 0.2) is 17.3 Å². The Kier molecular flexibility index (Phi) is 9.60. The molecule has 3 aromatic rings. The predicted molar refractivity (Wildman–Crippen MR) is 120 cm³/mol. The molecule has 1 aliphatic heterocycles. The second-order valence-corrected chi connectivity index (χ2v) is 7.44. The summed E-state index contributed by atoms with van der Waals surface area (Å²) in [7, 11) is 0. The van der Waals surface area contributed by atoms with Gasteiger partial charge in [-0.25, -0.2) is 0 Å². The fraction of sp³-hybridized carbons (Fsp3) is 0.286. The first-order chi connectivity index (χ1) is 15.6. The van der Waals surface area contributed by atoms with E-state index in [2.05, 4.69) is 0 Å². The summed E-state index contributed by atoms with van der Waals surface area (Å²) in [4.78, 5) is 12.6. The summed E-state index contributed by atoms with van der Waals surface area (Å²) in [6.07, 6.45) is -7.80. The van der Waals surface area contributed by atoms with E-state index >= 15 is 0 Å². The minimum atomic E-state index is -1.72. The van der Waals surface area contributed by atoms with Crippen molar-refractivity contribution in [3.8, 4) is 40.1 Å². The monoisotopic (exact) mass is 518 g/mol. The number of aliphatic hydroxyl groups excluding tert-OH is 4. The van der Waals surface area contributed by atoms with Crippen molar-refractivity contribution in [2.24, 2.45) is 0 Å². The molecular formula is C21H26O15. The lowest BCUT2D eigenvalue weighted by Crippen LogP contribution is -2.60. The minimum absolute atomic E-state index is 0. The van der Waals surface area contributed by atoms with Crippen LogP contribution in [0.2, 0.25) is 0 Å². The minimum Gasteiger partial charge on any atom is -0.507 e. The molecule has 0 bridgehead atoms. The number of hydrogen-bond acceptors (Lipinski definition) is 12. The van der Waals surface area contributed by atoms with Crippen molar-refractivity contribution in [2.75, 3.05) is 6.61 Å². The van der Waals surface area contributed by atoms with Crippen LogP contribution in [0.5, 0.6) is 28.7 Å². The van der Waals surface area contributed by atoms with Crippen LogP contribution < -0.4 is 10.2 Å². The lowest BCUT2D eigenvalue weighted by molar-refractivity contribution is -0.277. The number of hydrogen-bond donors (Lipinski definition) is 8. The van der Waals surface area contributed by atoms with Crippen LogP contribution in [0.3, 0.4) is 0 Å². The van der Waals surface area contributed by atoms with E-state index in [-0.39, 0.29) is 44.5 Å². The molecule has 2 heterocycles. The summed E-state index contributed by atoms with van der Waals surface area (Å²) in [6.45, 7) is -0.676. The number of ether oxygens (including phenoxy) is 2. The van der Waals surface area contributed by atoms with Gasteiger partial charge >= 0.3 is 0 Å². The van der Waals surface area contributed by atoms with Gasteiger partial charge < -0.3 is 71.2 Å². The lowest BCUT2D eigenvalue weighted by Gasteiger charge is -2.39. The molecule has 0 radical (unpaired) electrons. The number of benzene rings is 2. The van der Waals surface area contributed by atoms with Crippen molar-refractivity contribution in [3.05, 3.63) is 40.6 Å². The SMILES string of the molecule is O.O.O.O=c1c(O)c(-c2ccc(O)c(O)c2)oc2cc(O[C@@H]3O[C@H](CO)[C@@H](O)[C@H](O)[C@H]3O)cc(O)c12. The van der Waals surface area contributed by atoms with Crippen molar-refractivity contribution >= 4 is 11.0 Å². The summed E-state index contributed by atoms with van der Waals surface area (Å²) < 4.78 is 16.3. The van der Waals surface area contributed by atoms with Gasteiger partial charge in [-0.3, -0.25) is 4.79 Å². The molecule has 200 valence electrons. The van der Waals surface area contributed by atoms with E-state index in [0.29, 0.717) is 0 Å². The summed E-state index contributed by atoms with van der Waals surface area (Å²) >= 11 is 0. The molecule has 0 amide bonds. The molecule has 0 spiro atoms. The number of aliphatic hydroxyl groups is 4. The molecule has 0 saturated carbocycles. The van der Waals surface area contributed by atoms with Gasteiger partial charge in [0.2, 0.25) is 17.5 Å². The maximum absolute atomic E-state index is 12.6. The van der Waals surface area contributed by atoms with Gasteiger partial charge in [0.1, 0.15) is 46.9 Å². The second kappa shape index (κ2) is 11.4. The van der Waals surface area contributed by atoms with Crippen LogP contribution in [0, 0.1) is 0 Å². The van der Waals surface area contributed by atoms with E-state index in [0.717, 1.165) is 24.3 Å². The van der Waals surface area contributed by atoms with Gasteiger partial charge in [-0.2, -0.15) is 0 Å². The maximum Gasteiger partial charge on any atom is 0.238 e. The number of phenols is 3. The van der Waals surface area contributed by atoms with Gasteiger partial charge in [-0.05, 0) is 18.2 Å². The highest BCUT2D eigenvalue weighted by molar-refractivity contribution is 5.88. The molecule has 2 aromatic carbocycles. The predicted octanol–water partition coefficient (Wildman–Crippen LogP) is -3.01. The Morgan fingerprint density at radius 2 is 1.50 bits per heavy atom. The smallest absolute Gasteiger partial charge is 0.238 e. The fourth-order valence-electron chi connectivity index (χ4n) is 3.49. The van der Waals surface area contributed by atoms with Crippen molar-refractivity contribution < 1.29 is 71.2 Å². The molecule has 0 unspecified atom stereocenters. The highest BCUT2D eigenvalue weighted by Crippen LogP contribution is 2.38. The molecular weight excluding hydrogens is 492 g/mol. The Balaban J connectivity index is 0.00000216. The zero-order valence-electron chi connectivity index (χ0n) is 18.2. The zero-order chi connectivity index (χ0) is 24.0. The first kappa shape index (κ1) is 30.4. The number of fused-ring (bicyclic) bond motifs is 1. The van der Waals surface area contributed by atoms with E-state index in [1.54, 1.807) is 0 Å². The van der Waals surface area contributed by atoms with E-state index in [4.69, 9.17) is 13.9 Å². The fourth-order valence-corrected chi connectivity index (χ4v) is 3.49. The lowest BCUT2D eigenvalue weighted by atomic mass is 9.99. The molecule has 15 heteroatoms. The van der Waals surface area contributed by atoms with Crippen molar-refractivity contribution in [1.29, 1.82) is 0 Å². The summed E-state index contributed by atoms with van der Waals surface area (Å²) in [6, 6.07) is 5.55. The van der Waals surface area contributed by atoms with E-state index < -0.39 is 65.7 Å². The number of aromatic hydroxyl groups is 4. The third-order valence-electron chi connectivity index (χ3n) is 5.26. The first-order valence-corrected chi connectivity index (χ1v) is 9.64. The highest BCUT2D eigenvalue weighted by atomic mass is 16.7. The van der Waals surface area contributed by atoms with Crippen molar-refractivity contribution in [1.82, 2.24) is 0 Å². The van der Waals surface area contributed by atoms with Crippen LogP contribution in [0.15, 0.2) is 39.5 Å². The molecule has 1 aliphatic rings. The molecule has 1 saturated heterocycles. The number of phenolic OH excluding ortho intramolecular Hbond substituents is 3. The zero-order valence-corrected chi connectivity index (χ0v) is 18.2. The van der Waals surface area contributed by atoms with Gasteiger partial charge in [0.05, 0.1) is 6.61 Å². The summed E-state index contributed by atoms with van der Waals surface area (Å²) in [5, 5.41) is 78.6. The van der Waals surface area contributed by atoms with Crippen molar-refractivity contribution in [3.63, 3.8) is 0 Å². The van der Waals surface area contributed by atoms with Crippen LogP contribution in [-0.4, -0.2) is 94.6 Å². The third-order valence-corrected chi connectivity index (χ3v) is 5.26. The van der Waals surface area contributed by atoms with Gasteiger partial charge in [-0.15, -0.1) is 0 Å². The van der Waals surface area contributed by atoms with Gasteiger partial charge in [0.25, 0.3) is 0 Å². The second-order valence-electron chi connectivity index (χ2n) is 7.44. The van der Waals surface area contributed by atoms with Gasteiger partial charge in [-0.1, -0.05) is 0 Å². The number of rotatable bonds is 4. The van der Waals surface area contributed by atoms with E-state index in [9.17, 15) is 45.6 Å². The molecule has 1 aromatic heterocycles. The Morgan fingerprint density at radius 3 is 2.11 bits per heavy atom. The molecule has 1 fully saturated rings. The molecule has 5 atom stereocenters. The largest absolute Gasteiger partial charge is 0.507 e. The Bertz CT molecular complexity index is 1250. The molecule has 0 aliphatic carbocycles. The summed E-state index contributed by atoms with van der Waals surface area (Å²) in [5.41, 5.74) is -1.20. The molecule has 15 nitrogen and oxygen atoms in total. The highest BCUT2D eigenvalue weighted by Gasteiger charge is 2.44. The van der Waals surface area contributed by atoms with E-state index in [1.807, 2.05) is 0 Å². The Morgan fingerprint density at radius 1 is 0.833 bits per heavy atom. The Hall–Kier alpha value is -3.67. The Labute approximate surface area is 200 Å². The average molecular weight is 518 g/mol. The topological polar surface area (TPSA) is 305 Å². The summed E-state index contributed by atoms with van der Waals surface area (Å²) in [5.74, 6) is -3.02. The van der Waals surface area contributed by atoms with Crippen LogP contribution in [0.4, 0.5) is 0 Å². The quantitative estimate of drug-likeness (QED) is 0.160. The van der Waals surface area contributed by atoms with Crippen LogP contribution >= 0.6 is 0 Å². The molecule has 4 rings (SSSR count). The molecule has 36 heavy (non-hydrogen) atoms. The normalized spacial score (nSPS) is 23.2. The van der Waals surface area contributed by atoms with Crippen LogP contribution in [0.1, 0.15) is 0 Å². The third kappa shape index (κ3) is 5.13. The van der Waals surface area contributed by atoms with Crippen LogP contribution in [-0.2, 0) is 4.74 Å². The maximum atomic E-state index is 12.6. The van der Waals surface area contributed by atoms with Crippen LogP contribution in [0.25, 0.3) is 22.3 Å². The standard InChI is InChI=1S/C21H20O12.3H2O/c22-6-13-15(26)17(28)19(30)21(33-13)31-8-4-11(25)14-12(5-8)32-20(18(29)16(14)27)7-1-2-9(23)10(24)3-7;;;/h1-5,13,15,17,19,21-26,28-30H,6H2;3*1H2/t13-,15-,17+,19-,21-;;;/m1.../s1. The average Bonchev–Trinajstić information content (AvgIpc) is 2.78.